The Morgan fingerprint density at radius 2 is 1.88 bits per heavy atom. The second-order valence-corrected chi connectivity index (χ2v) is 12.0. The maximum atomic E-state index is 12.5. The van der Waals surface area contributed by atoms with Crippen LogP contribution in [0.4, 0.5) is 0 Å². The van der Waals surface area contributed by atoms with Gasteiger partial charge in [-0.3, -0.25) is 9.59 Å². The molecular weight excluding hydrogens is 398 g/mol. The van der Waals surface area contributed by atoms with Crippen LogP contribution < -0.4 is 4.90 Å². The zero-order valence-corrected chi connectivity index (χ0v) is 20.4. The normalized spacial score (nSPS) is 41.2. The van der Waals surface area contributed by atoms with Gasteiger partial charge in [0.1, 0.15) is 5.76 Å². The molecule has 2 saturated carbocycles. The van der Waals surface area contributed by atoms with Gasteiger partial charge in [-0.2, -0.15) is 0 Å². The minimum absolute atomic E-state index is 0.0323. The van der Waals surface area contributed by atoms with Crippen LogP contribution in [-0.4, -0.2) is 31.4 Å². The number of quaternary nitrogens is 1. The van der Waals surface area contributed by atoms with Crippen LogP contribution >= 0.6 is 0 Å². The summed E-state index contributed by atoms with van der Waals surface area (Å²) in [4.78, 5) is 26.3. The number of rotatable bonds is 5. The Labute approximate surface area is 193 Å². The van der Waals surface area contributed by atoms with Crippen molar-refractivity contribution < 1.29 is 19.2 Å². The van der Waals surface area contributed by atoms with Gasteiger partial charge < -0.3 is 9.64 Å². The number of esters is 1. The van der Waals surface area contributed by atoms with Gasteiger partial charge in [-0.15, -0.1) is 0 Å². The fraction of sp³-hybridized carbons (Fsp3) is 0.786. The number of likely N-dealkylation sites (tertiary alicyclic amines) is 1. The molecule has 0 bridgehead atoms. The van der Waals surface area contributed by atoms with Crippen molar-refractivity contribution in [2.45, 2.75) is 85.0 Å². The van der Waals surface area contributed by atoms with E-state index in [1.165, 1.54) is 45.2 Å². The molecule has 0 amide bonds. The van der Waals surface area contributed by atoms with Crippen molar-refractivity contribution >= 4 is 11.8 Å². The molecule has 0 aromatic carbocycles. The summed E-state index contributed by atoms with van der Waals surface area (Å²) in [5, 5.41) is 0. The third-order valence-electron chi connectivity index (χ3n) is 10.4. The predicted octanol–water partition coefficient (Wildman–Crippen LogP) is 4.26. The van der Waals surface area contributed by atoms with Crippen LogP contribution in [0.1, 0.15) is 85.0 Å². The number of allylic oxidation sites excluding steroid dienone is 4. The average Bonchev–Trinajstić information content (AvgIpc) is 3.39. The molecule has 1 aliphatic heterocycles. The van der Waals surface area contributed by atoms with Gasteiger partial charge in [0.15, 0.2) is 5.78 Å². The molecule has 176 valence electrons. The van der Waals surface area contributed by atoms with Crippen LogP contribution in [0.5, 0.6) is 0 Å². The van der Waals surface area contributed by atoms with E-state index in [9.17, 15) is 9.59 Å². The van der Waals surface area contributed by atoms with Crippen LogP contribution in [-0.2, 0) is 14.3 Å². The smallest absolute Gasteiger partial charge is 0.316 e. The number of hydrogen-bond acceptors (Lipinski definition) is 3. The lowest BCUT2D eigenvalue weighted by Crippen LogP contribution is -3.10. The van der Waals surface area contributed by atoms with E-state index < -0.39 is 0 Å². The van der Waals surface area contributed by atoms with Gasteiger partial charge in [0.25, 0.3) is 0 Å². The first-order valence-electron chi connectivity index (χ1n) is 13.3. The van der Waals surface area contributed by atoms with E-state index in [0.717, 1.165) is 55.4 Å². The Kier molecular flexibility index (Phi) is 5.89. The molecule has 0 radical (unpaired) electrons. The predicted molar refractivity (Wildman–Crippen MR) is 125 cm³/mol. The third kappa shape index (κ3) is 3.71. The summed E-state index contributed by atoms with van der Waals surface area (Å²) in [7, 11) is 0. The molecule has 6 atom stereocenters. The number of hydrogen-bond donors (Lipinski definition) is 1. The highest BCUT2D eigenvalue weighted by molar-refractivity contribution is 5.95. The second kappa shape index (κ2) is 8.42. The standard InChI is InChI=1S/C28H41NO3/c1-19(30)23-8-9-24-22-7-6-20-18-21(32-26(31)12-17-29-15-4-5-16-29)10-13-27(20,2)25(22)11-14-28(23,24)3/h8,18,20,22,24-25H,4-7,9-17H2,1-3H3/p+1. The minimum atomic E-state index is -0.0323. The first kappa shape index (κ1) is 22.4. The van der Waals surface area contributed by atoms with Crippen molar-refractivity contribution in [2.75, 3.05) is 19.6 Å². The summed E-state index contributed by atoms with van der Waals surface area (Å²) >= 11 is 0. The van der Waals surface area contributed by atoms with Gasteiger partial charge in [0.05, 0.1) is 26.1 Å². The summed E-state index contributed by atoms with van der Waals surface area (Å²) in [5.41, 5.74) is 1.51. The molecule has 0 spiro atoms. The van der Waals surface area contributed by atoms with Gasteiger partial charge in [-0.05, 0) is 91.6 Å². The van der Waals surface area contributed by atoms with Crippen LogP contribution in [0.25, 0.3) is 0 Å². The quantitative estimate of drug-likeness (QED) is 0.650. The molecular formula is C28H42NO3+. The van der Waals surface area contributed by atoms with Gasteiger partial charge in [0, 0.05) is 19.3 Å². The minimum Gasteiger partial charge on any atom is -0.431 e. The molecule has 6 unspecified atom stereocenters. The molecule has 5 rings (SSSR count). The average molecular weight is 441 g/mol. The molecule has 4 heteroatoms. The lowest BCUT2D eigenvalue weighted by molar-refractivity contribution is -0.886. The highest BCUT2D eigenvalue weighted by Crippen LogP contribution is 2.66. The highest BCUT2D eigenvalue weighted by atomic mass is 16.5. The van der Waals surface area contributed by atoms with Crippen molar-refractivity contribution in [3.63, 3.8) is 0 Å². The molecule has 1 heterocycles. The molecule has 5 aliphatic rings. The molecule has 4 aliphatic carbocycles. The summed E-state index contributed by atoms with van der Waals surface area (Å²) in [5.74, 6) is 3.80. The van der Waals surface area contributed by atoms with Gasteiger partial charge in [-0.25, -0.2) is 0 Å². The SMILES string of the molecule is CC(=O)C1=CCC2C3CCC4C=C(OC(=O)CC[NH+]5CCCC5)CCC4(C)C3CCC12C. The third-order valence-corrected chi connectivity index (χ3v) is 10.4. The van der Waals surface area contributed by atoms with E-state index in [1.807, 2.05) is 0 Å². The first-order valence-corrected chi connectivity index (χ1v) is 13.3. The number of ketones is 1. The Morgan fingerprint density at radius 3 is 2.62 bits per heavy atom. The molecule has 4 nitrogen and oxygen atoms in total. The summed E-state index contributed by atoms with van der Waals surface area (Å²) in [6.07, 6.45) is 15.7. The van der Waals surface area contributed by atoms with E-state index in [1.54, 1.807) is 11.8 Å². The molecule has 32 heavy (non-hydrogen) atoms. The summed E-state index contributed by atoms with van der Waals surface area (Å²) in [6.45, 7) is 9.98. The monoisotopic (exact) mass is 440 g/mol. The van der Waals surface area contributed by atoms with Crippen molar-refractivity contribution in [1.82, 2.24) is 0 Å². The van der Waals surface area contributed by atoms with Crippen LogP contribution in [0.15, 0.2) is 23.5 Å². The first-order chi connectivity index (χ1) is 15.3. The largest absolute Gasteiger partial charge is 0.431 e. The Morgan fingerprint density at radius 1 is 1.09 bits per heavy atom. The fourth-order valence-electron chi connectivity index (χ4n) is 8.63. The van der Waals surface area contributed by atoms with Crippen LogP contribution in [0, 0.1) is 34.5 Å². The Balaban J connectivity index is 1.24. The Hall–Kier alpha value is -1.42. The van der Waals surface area contributed by atoms with Gasteiger partial charge in [-0.1, -0.05) is 19.9 Å². The number of carbonyl (C=O) groups excluding carboxylic acids is 2. The molecule has 0 aromatic heterocycles. The number of carbonyl (C=O) groups is 2. The van der Waals surface area contributed by atoms with Crippen molar-refractivity contribution in [3.05, 3.63) is 23.5 Å². The second-order valence-electron chi connectivity index (χ2n) is 12.0. The van der Waals surface area contributed by atoms with Gasteiger partial charge in [0.2, 0.25) is 0 Å². The van der Waals surface area contributed by atoms with Crippen LogP contribution in [0.2, 0.25) is 0 Å². The van der Waals surface area contributed by atoms with E-state index in [0.29, 0.717) is 23.7 Å². The number of fused-ring (bicyclic) bond motifs is 5. The Bertz CT molecular complexity index is 838. The van der Waals surface area contributed by atoms with E-state index in [4.69, 9.17) is 4.74 Å². The van der Waals surface area contributed by atoms with Crippen molar-refractivity contribution in [3.8, 4) is 0 Å². The summed E-state index contributed by atoms with van der Waals surface area (Å²) in [6, 6.07) is 0. The van der Waals surface area contributed by atoms with E-state index in [2.05, 4.69) is 26.0 Å². The molecule has 1 saturated heterocycles. The summed E-state index contributed by atoms with van der Waals surface area (Å²) < 4.78 is 5.87. The highest BCUT2D eigenvalue weighted by Gasteiger charge is 2.58. The maximum Gasteiger partial charge on any atom is 0.316 e. The van der Waals surface area contributed by atoms with Gasteiger partial charge >= 0.3 is 5.97 Å². The van der Waals surface area contributed by atoms with Crippen LogP contribution in [0.3, 0.4) is 0 Å². The lowest BCUT2D eigenvalue weighted by Gasteiger charge is -2.59. The fourth-order valence-corrected chi connectivity index (χ4v) is 8.63. The molecule has 3 fully saturated rings. The zero-order valence-electron chi connectivity index (χ0n) is 20.4. The number of Topliss-reactive ketones (excluding diaryl/α,β-unsaturated/α-hetero) is 1. The van der Waals surface area contributed by atoms with E-state index >= 15 is 0 Å². The zero-order chi connectivity index (χ0) is 22.5. The molecule has 1 N–H and O–H groups in total. The van der Waals surface area contributed by atoms with Crippen molar-refractivity contribution in [1.29, 1.82) is 0 Å². The number of nitrogens with one attached hydrogen (secondary N) is 1. The topological polar surface area (TPSA) is 47.8 Å². The van der Waals surface area contributed by atoms with E-state index in [-0.39, 0.29) is 17.2 Å². The molecule has 0 aromatic rings. The van der Waals surface area contributed by atoms with Crippen molar-refractivity contribution in [2.24, 2.45) is 34.5 Å². The number of ether oxygens (including phenoxy) is 1. The lowest BCUT2D eigenvalue weighted by atomic mass is 9.45. The maximum absolute atomic E-state index is 12.5.